The number of halogens is 4. The van der Waals surface area contributed by atoms with Crippen LogP contribution < -0.4 is 14.8 Å². The van der Waals surface area contributed by atoms with Gasteiger partial charge in [0.05, 0.1) is 21.1 Å². The minimum atomic E-state index is -0.286. The van der Waals surface area contributed by atoms with E-state index in [0.29, 0.717) is 76.4 Å². The lowest BCUT2D eigenvalue weighted by atomic mass is 9.82. The molecule has 3 aromatic rings. The first kappa shape index (κ1) is 32.0. The summed E-state index contributed by atoms with van der Waals surface area (Å²) in [7, 11) is 0. The Balaban J connectivity index is 1.24. The lowest BCUT2D eigenvalue weighted by Crippen LogP contribution is -2.61. The molecule has 2 atom stereocenters. The highest BCUT2D eigenvalue weighted by Gasteiger charge is 2.43. The van der Waals surface area contributed by atoms with Gasteiger partial charge in [-0.3, -0.25) is 9.59 Å². The molecule has 1 saturated carbocycles. The van der Waals surface area contributed by atoms with E-state index in [-0.39, 0.29) is 29.9 Å². The summed E-state index contributed by atoms with van der Waals surface area (Å²) in [5.41, 5.74) is 3.45. The molecule has 2 bridgehead atoms. The number of nitrogens with zero attached hydrogens (tertiary/aromatic N) is 2. The molecule has 2 heterocycles. The van der Waals surface area contributed by atoms with Crippen molar-refractivity contribution in [3.05, 3.63) is 97.5 Å². The maximum atomic E-state index is 14.5. The Morgan fingerprint density at radius 3 is 2.29 bits per heavy atom. The molecule has 7 nitrogen and oxygen atoms in total. The van der Waals surface area contributed by atoms with E-state index in [1.807, 2.05) is 46.2 Å². The van der Waals surface area contributed by atoms with Crippen molar-refractivity contribution in [2.45, 2.75) is 50.9 Å². The van der Waals surface area contributed by atoms with Crippen molar-refractivity contribution >= 4 is 63.8 Å². The van der Waals surface area contributed by atoms with E-state index in [9.17, 15) is 9.59 Å². The molecule has 0 aromatic heterocycles. The smallest absolute Gasteiger partial charge is 0.252 e. The van der Waals surface area contributed by atoms with Crippen LogP contribution in [-0.2, 0) is 16.1 Å². The van der Waals surface area contributed by atoms with Gasteiger partial charge in [0.25, 0.3) is 5.91 Å². The van der Waals surface area contributed by atoms with E-state index >= 15 is 0 Å². The minimum Gasteiger partial charge on any atom is -0.490 e. The summed E-state index contributed by atoms with van der Waals surface area (Å²) in [6.07, 6.45) is 2.49. The molecule has 0 radical (unpaired) electrons. The highest BCUT2D eigenvalue weighted by molar-refractivity contribution is 6.43. The third-order valence-electron chi connectivity index (χ3n) is 8.43. The summed E-state index contributed by atoms with van der Waals surface area (Å²) < 4.78 is 11.7. The Labute approximate surface area is 283 Å². The summed E-state index contributed by atoms with van der Waals surface area (Å²) in [5, 5.41) is 5.36. The molecular weight excluding hydrogens is 656 g/mol. The molecule has 2 fully saturated rings. The van der Waals surface area contributed by atoms with Crippen LogP contribution in [-0.4, -0.2) is 66.0 Å². The van der Waals surface area contributed by atoms with Crippen LogP contribution in [0.3, 0.4) is 0 Å². The van der Waals surface area contributed by atoms with Crippen molar-refractivity contribution in [1.82, 2.24) is 15.1 Å². The third-order valence-corrected chi connectivity index (χ3v) is 10.1. The Kier molecular flexibility index (Phi) is 9.83. The summed E-state index contributed by atoms with van der Waals surface area (Å²) in [5.74, 6) is 1.15. The van der Waals surface area contributed by atoms with Gasteiger partial charge in [-0.25, -0.2) is 0 Å². The predicted molar refractivity (Wildman–Crippen MR) is 178 cm³/mol. The zero-order valence-electron chi connectivity index (χ0n) is 24.7. The molecule has 3 aromatic carbocycles. The molecule has 236 valence electrons. The van der Waals surface area contributed by atoms with Crippen LogP contribution in [0, 0.1) is 0 Å². The molecule has 2 aliphatic heterocycles. The Hall–Kier alpha value is -2.94. The number of piperazine rings is 1. The maximum Gasteiger partial charge on any atom is 0.252 e. The fourth-order valence-corrected chi connectivity index (χ4v) is 6.77. The van der Waals surface area contributed by atoms with Gasteiger partial charge in [0.15, 0.2) is 0 Å². The molecule has 6 rings (SSSR count). The van der Waals surface area contributed by atoms with Crippen LogP contribution in [0.25, 0.3) is 5.57 Å². The first-order valence-electron chi connectivity index (χ1n) is 15.0. The summed E-state index contributed by atoms with van der Waals surface area (Å²) in [6.45, 7) is 3.58. The molecule has 1 aliphatic carbocycles. The third kappa shape index (κ3) is 7.23. The molecular formula is C34H33Cl4N3O4. The molecule has 45 heavy (non-hydrogen) atoms. The monoisotopic (exact) mass is 687 g/mol. The molecule has 3 aliphatic rings. The first-order valence-corrected chi connectivity index (χ1v) is 16.5. The van der Waals surface area contributed by atoms with Gasteiger partial charge in [-0.15, -0.1) is 0 Å². The molecule has 0 spiro atoms. The van der Waals surface area contributed by atoms with Crippen LogP contribution in [0.2, 0.25) is 20.1 Å². The molecule has 11 heteroatoms. The molecule has 1 N–H and O–H groups in total. The number of carbonyl (C=O) groups is 2. The second kappa shape index (κ2) is 13.8. The number of hydrogen-bond acceptors (Lipinski definition) is 5. The van der Waals surface area contributed by atoms with Crippen LogP contribution in [0.5, 0.6) is 11.5 Å². The number of fused-ring (bicyclic) bond motifs is 2. The average molecular weight is 689 g/mol. The Morgan fingerprint density at radius 1 is 0.889 bits per heavy atom. The maximum absolute atomic E-state index is 14.5. The molecule has 1 saturated heterocycles. The zero-order chi connectivity index (χ0) is 31.7. The second-order valence-electron chi connectivity index (χ2n) is 11.6. The predicted octanol–water partition coefficient (Wildman–Crippen LogP) is 7.30. The van der Waals surface area contributed by atoms with Gasteiger partial charge in [0.2, 0.25) is 5.91 Å². The normalized spacial score (nSPS) is 19.4. The average Bonchev–Trinajstić information content (AvgIpc) is 3.87. The van der Waals surface area contributed by atoms with Gasteiger partial charge < -0.3 is 24.6 Å². The highest BCUT2D eigenvalue weighted by Crippen LogP contribution is 2.39. The largest absolute Gasteiger partial charge is 0.490 e. The van der Waals surface area contributed by atoms with Gasteiger partial charge in [-0.2, -0.15) is 0 Å². The fourth-order valence-electron chi connectivity index (χ4n) is 6.04. The number of benzene rings is 3. The van der Waals surface area contributed by atoms with E-state index in [4.69, 9.17) is 55.9 Å². The topological polar surface area (TPSA) is 71.1 Å². The van der Waals surface area contributed by atoms with Gasteiger partial charge in [-0.1, -0.05) is 76.7 Å². The lowest BCUT2D eigenvalue weighted by molar-refractivity contribution is -0.132. The van der Waals surface area contributed by atoms with E-state index in [1.54, 1.807) is 31.2 Å². The van der Waals surface area contributed by atoms with E-state index in [1.165, 1.54) is 0 Å². The number of amides is 2. The standard InChI is InChI=1S/C34H33Cl4N3O4/c1-20(42)40-18-23-16-26(21-8-12-25(13-9-21)44-14-15-45-30-7-3-6-28(36)33(30)38)31(29(19-40)39-23)34(43)41(24-10-11-24)17-22-4-2-5-27(35)32(22)37/h2-9,12-13,23-24,29,39H,10-11,14-19H2,1H3/t23?,29-/m1/s1. The highest BCUT2D eigenvalue weighted by atomic mass is 35.5. The molecule has 2 amide bonds. The van der Waals surface area contributed by atoms with Crippen molar-refractivity contribution in [3.8, 4) is 11.5 Å². The van der Waals surface area contributed by atoms with Crippen molar-refractivity contribution < 1.29 is 19.1 Å². The summed E-state index contributed by atoms with van der Waals surface area (Å²) in [6, 6.07) is 18.4. The summed E-state index contributed by atoms with van der Waals surface area (Å²) in [4.78, 5) is 30.7. The van der Waals surface area contributed by atoms with Gasteiger partial charge in [0.1, 0.15) is 29.7 Å². The number of hydrogen-bond donors (Lipinski definition) is 1. The Morgan fingerprint density at radius 2 is 1.58 bits per heavy atom. The van der Waals surface area contributed by atoms with Crippen molar-refractivity contribution in [1.29, 1.82) is 0 Å². The van der Waals surface area contributed by atoms with Gasteiger partial charge in [-0.05, 0) is 66.3 Å². The number of rotatable bonds is 10. The van der Waals surface area contributed by atoms with E-state index in [2.05, 4.69) is 5.32 Å². The van der Waals surface area contributed by atoms with Crippen LogP contribution in [0.1, 0.15) is 37.3 Å². The van der Waals surface area contributed by atoms with Crippen molar-refractivity contribution in [2.75, 3.05) is 26.3 Å². The van der Waals surface area contributed by atoms with Gasteiger partial charge in [0, 0.05) is 44.2 Å². The van der Waals surface area contributed by atoms with Crippen molar-refractivity contribution in [2.24, 2.45) is 0 Å². The number of carbonyl (C=O) groups excluding carboxylic acids is 2. The SMILES string of the molecule is CC(=O)N1CC2CC(c3ccc(OCCOc4cccc(Cl)c4Cl)cc3)=C(C(=O)N(Cc3cccc(Cl)c3Cl)C3CC3)[C@@H](C1)N2. The second-order valence-corrected chi connectivity index (χ2v) is 13.2. The van der Waals surface area contributed by atoms with Crippen LogP contribution in [0.4, 0.5) is 0 Å². The minimum absolute atomic E-state index is 0.00891. The number of nitrogens with one attached hydrogen (secondary N) is 1. The van der Waals surface area contributed by atoms with Gasteiger partial charge >= 0.3 is 0 Å². The van der Waals surface area contributed by atoms with E-state index in [0.717, 1.165) is 29.5 Å². The zero-order valence-corrected chi connectivity index (χ0v) is 27.7. The van der Waals surface area contributed by atoms with E-state index < -0.39 is 0 Å². The molecule has 1 unspecified atom stereocenters. The van der Waals surface area contributed by atoms with Crippen LogP contribution >= 0.6 is 46.4 Å². The quantitative estimate of drug-likeness (QED) is 0.227. The van der Waals surface area contributed by atoms with Crippen LogP contribution in [0.15, 0.2) is 66.2 Å². The Bertz CT molecular complexity index is 1630. The van der Waals surface area contributed by atoms with Crippen molar-refractivity contribution in [3.63, 3.8) is 0 Å². The fraction of sp³-hybridized carbons (Fsp3) is 0.353. The summed E-state index contributed by atoms with van der Waals surface area (Å²) >= 11 is 25.1. The number of ether oxygens (including phenoxy) is 2. The first-order chi connectivity index (χ1) is 21.7. The lowest BCUT2D eigenvalue weighted by Gasteiger charge is -2.44.